The minimum absolute atomic E-state index is 0. The predicted octanol–water partition coefficient (Wildman–Crippen LogP) is 7.13. The minimum atomic E-state index is -0.194. The Balaban J connectivity index is 0.000000158. The molecule has 0 radical (unpaired) electrons. The van der Waals surface area contributed by atoms with Crippen molar-refractivity contribution < 1.29 is 23.3 Å². The molecule has 2 aliphatic carbocycles. The Kier molecular flexibility index (Phi) is 9.79. The number of methoxy groups -OCH3 is 1. The van der Waals surface area contributed by atoms with Crippen LogP contribution < -0.4 is 24.3 Å². The summed E-state index contributed by atoms with van der Waals surface area (Å²) in [5.41, 5.74) is 4.85. The summed E-state index contributed by atoms with van der Waals surface area (Å²) in [6.45, 7) is 4.00. The van der Waals surface area contributed by atoms with Crippen molar-refractivity contribution in [1.82, 2.24) is 10.2 Å². The number of ether oxygens (including phenoxy) is 4. The molecule has 0 amide bonds. The maximum atomic E-state index is 13.2. The van der Waals surface area contributed by atoms with Crippen LogP contribution in [0.4, 0.5) is 4.39 Å². The fourth-order valence-corrected chi connectivity index (χ4v) is 8.72. The Morgan fingerprint density at radius 3 is 2.62 bits per heavy atom. The van der Waals surface area contributed by atoms with Crippen LogP contribution in [-0.4, -0.2) is 58.1 Å². The van der Waals surface area contributed by atoms with Crippen LogP contribution in [-0.2, 0) is 11.8 Å². The zero-order valence-corrected chi connectivity index (χ0v) is 27.3. The van der Waals surface area contributed by atoms with E-state index < -0.39 is 0 Å². The molecule has 242 valence electrons. The largest absolute Gasteiger partial charge is 0.497 e. The van der Waals surface area contributed by atoms with E-state index in [0.717, 1.165) is 54.5 Å². The van der Waals surface area contributed by atoms with Gasteiger partial charge in [0.1, 0.15) is 17.3 Å². The normalized spacial score (nSPS) is 28.0. The average molecular weight is 637 g/mol. The first-order valence-corrected chi connectivity index (χ1v) is 16.4. The Hall–Kier alpha value is -3.00. The van der Waals surface area contributed by atoms with Gasteiger partial charge in [-0.3, -0.25) is 0 Å². The molecule has 3 aromatic rings. The first kappa shape index (κ1) is 32.0. The van der Waals surface area contributed by atoms with E-state index in [1.165, 1.54) is 62.8 Å². The van der Waals surface area contributed by atoms with Crippen molar-refractivity contribution in [2.75, 3.05) is 47.2 Å². The quantitative estimate of drug-likeness (QED) is 0.322. The number of halogens is 2. The van der Waals surface area contributed by atoms with E-state index in [0.29, 0.717) is 23.9 Å². The summed E-state index contributed by atoms with van der Waals surface area (Å²) in [6.07, 6.45) is 9.25. The zero-order chi connectivity index (χ0) is 30.1. The number of benzene rings is 3. The second-order valence-corrected chi connectivity index (χ2v) is 13.3. The van der Waals surface area contributed by atoms with Gasteiger partial charge in [-0.15, -0.1) is 12.4 Å². The van der Waals surface area contributed by atoms with Crippen LogP contribution in [0.1, 0.15) is 61.1 Å². The van der Waals surface area contributed by atoms with Gasteiger partial charge in [-0.2, -0.15) is 0 Å². The van der Waals surface area contributed by atoms with Gasteiger partial charge in [-0.1, -0.05) is 31.0 Å². The number of likely N-dealkylation sites (tertiary alicyclic amines) is 1. The molecule has 2 bridgehead atoms. The van der Waals surface area contributed by atoms with Gasteiger partial charge in [0, 0.05) is 30.0 Å². The molecule has 3 fully saturated rings. The van der Waals surface area contributed by atoms with Crippen molar-refractivity contribution in [2.24, 2.45) is 11.8 Å². The number of likely N-dealkylation sites (N-methyl/N-ethyl adjacent to an activating group) is 1. The standard InChI is InChI=1S/C19H20FNO3.C18H25NO.ClH/c20-15-3-1-13(2-4-15)17-7-8-21-10-14(17)11-22-16-5-6-18-19(9-16)24-12-23-18;1-19-10-9-18-8-4-3-5-15(18)17(19)11-13-6-7-14(20-2)12-16(13)18;/h1-6,9,14,17,21H,7-8,10-12H2;6-7,12,15,17H,3-5,8-11H2,1-2H3;1H/t14-,17-;15-,17+,18+;/m01./s1. The van der Waals surface area contributed by atoms with Gasteiger partial charge in [0.15, 0.2) is 11.5 Å². The topological polar surface area (TPSA) is 52.2 Å². The predicted molar refractivity (Wildman–Crippen MR) is 177 cm³/mol. The summed E-state index contributed by atoms with van der Waals surface area (Å²) in [5, 5.41) is 3.43. The number of nitrogens with zero attached hydrogens (tertiary/aromatic N) is 1. The van der Waals surface area contributed by atoms with Crippen molar-refractivity contribution in [1.29, 1.82) is 0 Å². The highest BCUT2D eigenvalue weighted by molar-refractivity contribution is 5.85. The van der Waals surface area contributed by atoms with Gasteiger partial charge in [0.2, 0.25) is 6.79 Å². The first-order valence-electron chi connectivity index (χ1n) is 16.4. The molecule has 45 heavy (non-hydrogen) atoms. The van der Waals surface area contributed by atoms with E-state index in [1.54, 1.807) is 18.2 Å². The van der Waals surface area contributed by atoms with Crippen molar-refractivity contribution in [2.45, 2.75) is 62.3 Å². The molecule has 0 unspecified atom stereocenters. The first-order chi connectivity index (χ1) is 21.5. The third-order valence-electron chi connectivity index (χ3n) is 11.0. The van der Waals surface area contributed by atoms with E-state index in [2.05, 4.69) is 35.5 Å². The van der Waals surface area contributed by atoms with E-state index in [4.69, 9.17) is 18.9 Å². The molecule has 2 saturated heterocycles. The molecule has 1 N–H and O–H groups in total. The highest BCUT2D eigenvalue weighted by atomic mass is 35.5. The lowest BCUT2D eigenvalue weighted by molar-refractivity contribution is 0.00274. The second kappa shape index (κ2) is 13.8. The van der Waals surface area contributed by atoms with E-state index >= 15 is 0 Å². The Bertz CT molecular complexity index is 1450. The lowest BCUT2D eigenvalue weighted by Crippen LogP contribution is -2.59. The van der Waals surface area contributed by atoms with Gasteiger partial charge < -0.3 is 29.2 Å². The molecule has 6 nitrogen and oxygen atoms in total. The summed E-state index contributed by atoms with van der Waals surface area (Å²) in [4.78, 5) is 2.63. The lowest BCUT2D eigenvalue weighted by Gasteiger charge is -2.58. The molecule has 3 aliphatic heterocycles. The molecule has 5 atom stereocenters. The second-order valence-electron chi connectivity index (χ2n) is 13.3. The van der Waals surface area contributed by atoms with Crippen LogP contribution >= 0.6 is 12.4 Å². The summed E-state index contributed by atoms with van der Waals surface area (Å²) in [5.74, 6) is 4.70. The number of rotatable bonds is 5. The van der Waals surface area contributed by atoms with Crippen molar-refractivity contribution in [3.05, 3.63) is 83.2 Å². The van der Waals surface area contributed by atoms with Crippen LogP contribution in [0.25, 0.3) is 0 Å². The van der Waals surface area contributed by atoms with E-state index in [9.17, 15) is 4.39 Å². The van der Waals surface area contributed by atoms with Crippen molar-refractivity contribution in [3.63, 3.8) is 0 Å². The number of fused-ring (bicyclic) bond motifs is 2. The molecule has 8 heteroatoms. The molecule has 0 aromatic heterocycles. The Labute approximate surface area is 273 Å². The average Bonchev–Trinajstić information content (AvgIpc) is 3.54. The number of hydrogen-bond acceptors (Lipinski definition) is 6. The van der Waals surface area contributed by atoms with Gasteiger partial charge in [0.25, 0.3) is 0 Å². The molecule has 3 heterocycles. The van der Waals surface area contributed by atoms with Gasteiger partial charge in [-0.25, -0.2) is 4.39 Å². The SMILES string of the molecule is COc1ccc2c(c1)[C@]13CCCC[C@@H]1[C@H](C2)N(C)CC3.Cl.Fc1ccc([C@@H]2CCNC[C@H]2COc2ccc3c(c2)OCO3)cc1. The third kappa shape index (κ3) is 6.36. The molecular weight excluding hydrogens is 591 g/mol. The third-order valence-corrected chi connectivity index (χ3v) is 11.0. The molecule has 5 aliphatic rings. The molecule has 8 rings (SSSR count). The summed E-state index contributed by atoms with van der Waals surface area (Å²) < 4.78 is 35.4. The molecule has 3 aromatic carbocycles. The van der Waals surface area contributed by atoms with Gasteiger partial charge in [0.05, 0.1) is 13.7 Å². The molecule has 0 spiro atoms. The fourth-order valence-electron chi connectivity index (χ4n) is 8.72. The van der Waals surface area contributed by atoms with E-state index in [1.807, 2.05) is 30.3 Å². The highest BCUT2D eigenvalue weighted by Crippen LogP contribution is 2.56. The number of hydrogen-bond donors (Lipinski definition) is 1. The molecule has 1 saturated carbocycles. The lowest BCUT2D eigenvalue weighted by atomic mass is 9.52. The maximum absolute atomic E-state index is 13.2. The summed E-state index contributed by atoms with van der Waals surface area (Å²) >= 11 is 0. The van der Waals surface area contributed by atoms with Gasteiger partial charge in [-0.05, 0) is 117 Å². The van der Waals surface area contributed by atoms with Crippen LogP contribution in [0.3, 0.4) is 0 Å². The van der Waals surface area contributed by atoms with Gasteiger partial charge >= 0.3 is 0 Å². The van der Waals surface area contributed by atoms with Crippen molar-refractivity contribution >= 4 is 12.4 Å². The summed E-state index contributed by atoms with van der Waals surface area (Å²) in [7, 11) is 4.12. The smallest absolute Gasteiger partial charge is 0.231 e. The van der Waals surface area contributed by atoms with Crippen LogP contribution in [0.5, 0.6) is 23.0 Å². The van der Waals surface area contributed by atoms with Crippen LogP contribution in [0.2, 0.25) is 0 Å². The highest BCUT2D eigenvalue weighted by Gasteiger charge is 2.53. The fraction of sp³-hybridized carbons (Fsp3) is 0.514. The minimum Gasteiger partial charge on any atom is -0.497 e. The van der Waals surface area contributed by atoms with Crippen LogP contribution in [0.15, 0.2) is 60.7 Å². The Morgan fingerprint density at radius 2 is 1.78 bits per heavy atom. The Morgan fingerprint density at radius 1 is 0.956 bits per heavy atom. The van der Waals surface area contributed by atoms with Crippen LogP contribution in [0, 0.1) is 17.7 Å². The van der Waals surface area contributed by atoms with Crippen molar-refractivity contribution in [3.8, 4) is 23.0 Å². The maximum Gasteiger partial charge on any atom is 0.231 e. The zero-order valence-electron chi connectivity index (χ0n) is 26.4. The van der Waals surface area contributed by atoms with E-state index in [-0.39, 0.29) is 25.0 Å². The monoisotopic (exact) mass is 636 g/mol. The number of piperidine rings is 2. The summed E-state index contributed by atoms with van der Waals surface area (Å²) in [6, 6.07) is 20.1. The molecular formula is C37H46ClFN2O4. The number of nitrogens with one attached hydrogen (secondary N) is 1.